The number of benzene rings is 1. The quantitative estimate of drug-likeness (QED) is 0.817. The maximum Gasteiger partial charge on any atom is 0.134 e. The molecule has 1 rings (SSSR count). The van der Waals surface area contributed by atoms with Gasteiger partial charge in [-0.05, 0) is 44.0 Å². The van der Waals surface area contributed by atoms with Crippen LogP contribution in [0.4, 0.5) is 0 Å². The van der Waals surface area contributed by atoms with E-state index in [1.807, 2.05) is 12.1 Å². The molecule has 21 heavy (non-hydrogen) atoms. The Hall–Kier alpha value is -1.50. The highest BCUT2D eigenvalue weighted by atomic mass is 16.5. The summed E-state index contributed by atoms with van der Waals surface area (Å²) in [4.78, 5) is 2.35. The van der Waals surface area contributed by atoms with Crippen molar-refractivity contribution in [1.82, 2.24) is 4.90 Å². The molecule has 0 aliphatic heterocycles. The lowest BCUT2D eigenvalue weighted by molar-refractivity contribution is 0.220. The molecule has 0 saturated heterocycles. The fraction of sp³-hybridized carbons (Fsp3) is 0.556. The van der Waals surface area contributed by atoms with Crippen molar-refractivity contribution in [2.75, 3.05) is 20.8 Å². The van der Waals surface area contributed by atoms with Crippen LogP contribution in [0.5, 0.6) is 5.75 Å². The lowest BCUT2D eigenvalue weighted by Gasteiger charge is -2.26. The smallest absolute Gasteiger partial charge is 0.134 e. The third-order valence-electron chi connectivity index (χ3n) is 3.56. The summed E-state index contributed by atoms with van der Waals surface area (Å²) >= 11 is 0. The lowest BCUT2D eigenvalue weighted by Crippen LogP contribution is -2.29. The van der Waals surface area contributed by atoms with Crippen LogP contribution in [0, 0.1) is 17.8 Å². The van der Waals surface area contributed by atoms with Crippen LogP contribution in [0.3, 0.4) is 0 Å². The summed E-state index contributed by atoms with van der Waals surface area (Å²) in [7, 11) is 3.78. The first kappa shape index (κ1) is 17.6. The molecule has 0 bridgehead atoms. The summed E-state index contributed by atoms with van der Waals surface area (Å²) in [6.07, 6.45) is 1.18. The average Bonchev–Trinajstić information content (AvgIpc) is 2.44. The van der Waals surface area contributed by atoms with E-state index < -0.39 is 0 Å². The van der Waals surface area contributed by atoms with Crippen LogP contribution in [-0.4, -0.2) is 36.8 Å². The molecule has 3 heteroatoms. The van der Waals surface area contributed by atoms with Gasteiger partial charge in [0, 0.05) is 12.6 Å². The van der Waals surface area contributed by atoms with Gasteiger partial charge in [0.25, 0.3) is 0 Å². The summed E-state index contributed by atoms with van der Waals surface area (Å²) < 4.78 is 5.30. The first-order chi connectivity index (χ1) is 9.97. The standard InChI is InChI=1S/C18H27NO2/c1-14(2)11-15(3)19(4)13-16-8-9-18(21-5)17(12-16)7-6-10-20/h8-9,12,14-15,20H,10-11,13H2,1-5H3. The molecular formula is C18H27NO2. The molecular weight excluding hydrogens is 262 g/mol. The highest BCUT2D eigenvalue weighted by molar-refractivity contribution is 5.48. The number of hydrogen-bond acceptors (Lipinski definition) is 3. The zero-order valence-corrected chi connectivity index (χ0v) is 13.8. The monoisotopic (exact) mass is 289 g/mol. The van der Waals surface area contributed by atoms with Gasteiger partial charge in [-0.3, -0.25) is 4.90 Å². The normalized spacial score (nSPS) is 12.2. The molecule has 1 unspecified atom stereocenters. The Bertz CT molecular complexity index is 500. The number of ether oxygens (including phenoxy) is 1. The minimum absolute atomic E-state index is 0.140. The Balaban J connectivity index is 2.84. The SMILES string of the molecule is COc1ccc(CN(C)C(C)CC(C)C)cc1C#CCO. The van der Waals surface area contributed by atoms with E-state index >= 15 is 0 Å². The number of aliphatic hydroxyl groups excluding tert-OH is 1. The topological polar surface area (TPSA) is 32.7 Å². The summed E-state index contributed by atoms with van der Waals surface area (Å²) in [5.74, 6) is 7.07. The molecule has 1 atom stereocenters. The molecule has 1 aromatic rings. The number of aliphatic hydroxyl groups is 1. The minimum Gasteiger partial charge on any atom is -0.495 e. The van der Waals surface area contributed by atoms with Crippen molar-refractivity contribution in [1.29, 1.82) is 0 Å². The van der Waals surface area contributed by atoms with E-state index in [2.05, 4.69) is 50.6 Å². The van der Waals surface area contributed by atoms with Crippen molar-refractivity contribution in [3.63, 3.8) is 0 Å². The number of methoxy groups -OCH3 is 1. The number of nitrogens with zero attached hydrogens (tertiary/aromatic N) is 1. The van der Waals surface area contributed by atoms with Crippen LogP contribution < -0.4 is 4.74 Å². The van der Waals surface area contributed by atoms with Crippen LogP contribution in [-0.2, 0) is 6.54 Å². The van der Waals surface area contributed by atoms with Crippen molar-refractivity contribution in [2.24, 2.45) is 5.92 Å². The highest BCUT2D eigenvalue weighted by Gasteiger charge is 2.12. The lowest BCUT2D eigenvalue weighted by atomic mass is 10.0. The van der Waals surface area contributed by atoms with Crippen molar-refractivity contribution in [2.45, 2.75) is 39.8 Å². The van der Waals surface area contributed by atoms with Gasteiger partial charge in [0.15, 0.2) is 0 Å². The van der Waals surface area contributed by atoms with E-state index in [9.17, 15) is 0 Å². The van der Waals surface area contributed by atoms with Gasteiger partial charge < -0.3 is 9.84 Å². The third-order valence-corrected chi connectivity index (χ3v) is 3.56. The van der Waals surface area contributed by atoms with Gasteiger partial charge in [0.1, 0.15) is 12.4 Å². The fourth-order valence-corrected chi connectivity index (χ4v) is 2.39. The molecule has 0 aromatic heterocycles. The van der Waals surface area contributed by atoms with E-state index in [1.54, 1.807) is 7.11 Å². The van der Waals surface area contributed by atoms with Gasteiger partial charge in [-0.25, -0.2) is 0 Å². The van der Waals surface area contributed by atoms with Gasteiger partial charge in [-0.1, -0.05) is 31.8 Å². The molecule has 0 heterocycles. The largest absolute Gasteiger partial charge is 0.495 e. The van der Waals surface area contributed by atoms with Crippen LogP contribution >= 0.6 is 0 Å². The molecule has 0 aliphatic carbocycles. The van der Waals surface area contributed by atoms with Crippen LogP contribution in [0.1, 0.15) is 38.3 Å². The molecule has 0 saturated carbocycles. The van der Waals surface area contributed by atoms with E-state index in [0.29, 0.717) is 12.0 Å². The van der Waals surface area contributed by atoms with Gasteiger partial charge in [-0.15, -0.1) is 0 Å². The van der Waals surface area contributed by atoms with Gasteiger partial charge >= 0.3 is 0 Å². The first-order valence-corrected chi connectivity index (χ1v) is 7.44. The summed E-state index contributed by atoms with van der Waals surface area (Å²) in [6.45, 7) is 7.50. The third kappa shape index (κ3) is 5.79. The van der Waals surface area contributed by atoms with Crippen molar-refractivity contribution in [3.8, 4) is 17.6 Å². The van der Waals surface area contributed by atoms with Crippen LogP contribution in [0.2, 0.25) is 0 Å². The second-order valence-electron chi connectivity index (χ2n) is 5.89. The molecule has 1 N–H and O–H groups in total. The maximum atomic E-state index is 8.84. The summed E-state index contributed by atoms with van der Waals surface area (Å²) in [5, 5.41) is 8.84. The van der Waals surface area contributed by atoms with Crippen molar-refractivity contribution in [3.05, 3.63) is 29.3 Å². The fourth-order valence-electron chi connectivity index (χ4n) is 2.39. The number of rotatable bonds is 6. The zero-order chi connectivity index (χ0) is 15.8. The second kappa shape index (κ2) is 8.71. The molecule has 0 aliphatic rings. The molecule has 0 amide bonds. The van der Waals surface area contributed by atoms with E-state index in [4.69, 9.17) is 9.84 Å². The Morgan fingerprint density at radius 2 is 2.00 bits per heavy atom. The highest BCUT2D eigenvalue weighted by Crippen LogP contribution is 2.20. The Morgan fingerprint density at radius 3 is 2.57 bits per heavy atom. The second-order valence-corrected chi connectivity index (χ2v) is 5.89. The maximum absolute atomic E-state index is 8.84. The minimum atomic E-state index is -0.140. The summed E-state index contributed by atoms with van der Waals surface area (Å²) in [5.41, 5.74) is 2.03. The molecule has 1 aromatic carbocycles. The Kier molecular flexibility index (Phi) is 7.28. The van der Waals surface area contributed by atoms with Gasteiger partial charge in [0.2, 0.25) is 0 Å². The molecule has 0 spiro atoms. The molecule has 3 nitrogen and oxygen atoms in total. The molecule has 0 radical (unpaired) electrons. The number of hydrogen-bond donors (Lipinski definition) is 1. The average molecular weight is 289 g/mol. The Morgan fingerprint density at radius 1 is 1.29 bits per heavy atom. The van der Waals surface area contributed by atoms with Crippen molar-refractivity contribution < 1.29 is 9.84 Å². The predicted molar refractivity (Wildman–Crippen MR) is 87.3 cm³/mol. The summed E-state index contributed by atoms with van der Waals surface area (Å²) in [6, 6.07) is 6.60. The Labute approximate surface area is 128 Å². The van der Waals surface area contributed by atoms with Gasteiger partial charge in [-0.2, -0.15) is 0 Å². The predicted octanol–water partition coefficient (Wildman–Crippen LogP) is 2.91. The first-order valence-electron chi connectivity index (χ1n) is 7.44. The van der Waals surface area contributed by atoms with Crippen LogP contribution in [0.15, 0.2) is 18.2 Å². The zero-order valence-electron chi connectivity index (χ0n) is 13.8. The van der Waals surface area contributed by atoms with Gasteiger partial charge in [0.05, 0.1) is 12.7 Å². The van der Waals surface area contributed by atoms with E-state index in [1.165, 1.54) is 12.0 Å². The molecule has 116 valence electrons. The van der Waals surface area contributed by atoms with E-state index in [0.717, 1.165) is 17.9 Å². The van der Waals surface area contributed by atoms with E-state index in [-0.39, 0.29) is 6.61 Å². The van der Waals surface area contributed by atoms with Crippen LogP contribution in [0.25, 0.3) is 0 Å². The van der Waals surface area contributed by atoms with Crippen molar-refractivity contribution >= 4 is 0 Å². The molecule has 0 fully saturated rings.